The average molecular weight is 190 g/mol. The lowest BCUT2D eigenvalue weighted by Crippen LogP contribution is -2.20. The number of anilines is 1. The molecule has 0 amide bonds. The molecule has 3 heteroatoms. The summed E-state index contributed by atoms with van der Waals surface area (Å²) < 4.78 is 0. The van der Waals surface area contributed by atoms with Gasteiger partial charge >= 0.3 is 0 Å². The maximum atomic E-state index is 8.66. The highest BCUT2D eigenvalue weighted by molar-refractivity contribution is 5.98. The van der Waals surface area contributed by atoms with Crippen LogP contribution in [0.1, 0.15) is 12.0 Å². The van der Waals surface area contributed by atoms with Crippen molar-refractivity contribution >= 4 is 11.5 Å². The lowest BCUT2D eigenvalue weighted by Gasteiger charge is -2.19. The lowest BCUT2D eigenvalue weighted by molar-refractivity contribution is 0.307. The third kappa shape index (κ3) is 1.93. The van der Waals surface area contributed by atoms with Crippen molar-refractivity contribution in [3.63, 3.8) is 0 Å². The van der Waals surface area contributed by atoms with Crippen LogP contribution < -0.4 is 5.32 Å². The van der Waals surface area contributed by atoms with Crippen LogP contribution in [0, 0.1) is 0 Å². The molecule has 74 valence electrons. The number of hydrogen-bond acceptors (Lipinski definition) is 2. The molecule has 1 aliphatic rings. The molecule has 1 aliphatic heterocycles. The van der Waals surface area contributed by atoms with Crippen LogP contribution in [0.15, 0.2) is 29.3 Å². The normalized spacial score (nSPS) is 17.6. The standard InChI is InChI=1S/C11H14N2O/c14-8-7-12-11-6-5-9-3-1-2-4-10(9)13-11/h1-4,14H,5-8H2,(H,12,13). The Morgan fingerprint density at radius 1 is 1.29 bits per heavy atom. The van der Waals surface area contributed by atoms with Crippen molar-refractivity contribution in [2.75, 3.05) is 18.5 Å². The number of nitrogens with one attached hydrogen (secondary N) is 1. The minimum absolute atomic E-state index is 0.118. The van der Waals surface area contributed by atoms with E-state index in [9.17, 15) is 0 Å². The van der Waals surface area contributed by atoms with Crippen molar-refractivity contribution in [2.45, 2.75) is 12.8 Å². The maximum absolute atomic E-state index is 8.66. The summed E-state index contributed by atoms with van der Waals surface area (Å²) in [6, 6.07) is 8.26. The van der Waals surface area contributed by atoms with E-state index >= 15 is 0 Å². The van der Waals surface area contributed by atoms with Gasteiger partial charge in [-0.25, -0.2) is 0 Å². The van der Waals surface area contributed by atoms with Gasteiger partial charge in [0.1, 0.15) is 5.84 Å². The van der Waals surface area contributed by atoms with E-state index in [0.29, 0.717) is 6.54 Å². The first-order valence-electron chi connectivity index (χ1n) is 4.89. The van der Waals surface area contributed by atoms with Crippen molar-refractivity contribution in [2.24, 2.45) is 4.99 Å². The second kappa shape index (κ2) is 4.24. The maximum Gasteiger partial charge on any atom is 0.101 e. The van der Waals surface area contributed by atoms with Crippen LogP contribution in [0.25, 0.3) is 0 Å². The smallest absolute Gasteiger partial charge is 0.101 e. The minimum atomic E-state index is 0.118. The van der Waals surface area contributed by atoms with Crippen molar-refractivity contribution in [1.82, 2.24) is 0 Å². The summed E-state index contributed by atoms with van der Waals surface area (Å²) in [6.07, 6.45) is 1.98. The number of hydrogen-bond donors (Lipinski definition) is 2. The SMILES string of the molecule is OCCN=C1CCc2ccccc2N1. The fourth-order valence-corrected chi connectivity index (χ4v) is 1.63. The molecule has 0 spiro atoms. The van der Waals surface area contributed by atoms with Crippen LogP contribution >= 0.6 is 0 Å². The fraction of sp³-hybridized carbons (Fsp3) is 0.364. The van der Waals surface area contributed by atoms with Gasteiger partial charge in [0.2, 0.25) is 0 Å². The van der Waals surface area contributed by atoms with Crippen LogP contribution in [0.2, 0.25) is 0 Å². The number of amidine groups is 1. The van der Waals surface area contributed by atoms with E-state index in [1.54, 1.807) is 0 Å². The molecule has 1 heterocycles. The Morgan fingerprint density at radius 2 is 2.14 bits per heavy atom. The molecule has 0 saturated heterocycles. The van der Waals surface area contributed by atoms with Gasteiger partial charge in [0.15, 0.2) is 0 Å². The van der Waals surface area contributed by atoms with E-state index in [1.165, 1.54) is 5.56 Å². The third-order valence-electron chi connectivity index (χ3n) is 2.33. The number of para-hydroxylation sites is 1. The Kier molecular flexibility index (Phi) is 2.79. The van der Waals surface area contributed by atoms with Gasteiger partial charge in [-0.1, -0.05) is 18.2 Å². The van der Waals surface area contributed by atoms with Gasteiger partial charge in [0, 0.05) is 12.1 Å². The second-order valence-corrected chi connectivity index (χ2v) is 3.33. The fourth-order valence-electron chi connectivity index (χ4n) is 1.63. The Labute approximate surface area is 83.5 Å². The molecule has 14 heavy (non-hydrogen) atoms. The van der Waals surface area contributed by atoms with Crippen LogP contribution in [0.5, 0.6) is 0 Å². The largest absolute Gasteiger partial charge is 0.394 e. The summed E-state index contributed by atoms with van der Waals surface area (Å²) in [4.78, 5) is 4.26. The van der Waals surface area contributed by atoms with Crippen LogP contribution in [0.4, 0.5) is 5.69 Å². The zero-order valence-electron chi connectivity index (χ0n) is 8.03. The molecule has 1 aromatic rings. The highest BCUT2D eigenvalue weighted by Crippen LogP contribution is 2.21. The van der Waals surface area contributed by atoms with E-state index in [2.05, 4.69) is 28.5 Å². The second-order valence-electron chi connectivity index (χ2n) is 3.33. The zero-order valence-corrected chi connectivity index (χ0v) is 8.03. The number of benzene rings is 1. The number of aliphatic imine (C=N–C) groups is 1. The molecule has 0 bridgehead atoms. The molecule has 0 radical (unpaired) electrons. The number of aryl methyl sites for hydroxylation is 1. The predicted molar refractivity (Wildman–Crippen MR) is 57.8 cm³/mol. The lowest BCUT2D eigenvalue weighted by atomic mass is 10.0. The summed E-state index contributed by atoms with van der Waals surface area (Å²) in [5.41, 5.74) is 2.49. The van der Waals surface area contributed by atoms with E-state index < -0.39 is 0 Å². The Bertz CT molecular complexity index is 347. The first-order valence-corrected chi connectivity index (χ1v) is 4.89. The quantitative estimate of drug-likeness (QED) is 0.741. The van der Waals surface area contributed by atoms with Gasteiger partial charge in [0.25, 0.3) is 0 Å². The van der Waals surface area contributed by atoms with E-state index in [-0.39, 0.29) is 6.61 Å². The Morgan fingerprint density at radius 3 is 3.00 bits per heavy atom. The number of aliphatic hydroxyl groups excluding tert-OH is 1. The highest BCUT2D eigenvalue weighted by Gasteiger charge is 2.11. The van der Waals surface area contributed by atoms with Crippen LogP contribution in [-0.2, 0) is 6.42 Å². The summed E-state index contributed by atoms with van der Waals surface area (Å²) >= 11 is 0. The van der Waals surface area contributed by atoms with Gasteiger partial charge in [-0.15, -0.1) is 0 Å². The molecule has 0 aliphatic carbocycles. The molecule has 0 saturated carbocycles. The molecule has 0 fully saturated rings. The number of rotatable bonds is 2. The van der Waals surface area contributed by atoms with Crippen LogP contribution in [0.3, 0.4) is 0 Å². The minimum Gasteiger partial charge on any atom is -0.394 e. The average Bonchev–Trinajstić information content (AvgIpc) is 2.26. The molecule has 3 nitrogen and oxygen atoms in total. The van der Waals surface area contributed by atoms with E-state index in [0.717, 1.165) is 24.4 Å². The number of aliphatic hydroxyl groups is 1. The van der Waals surface area contributed by atoms with Gasteiger partial charge < -0.3 is 10.4 Å². The van der Waals surface area contributed by atoms with Crippen molar-refractivity contribution < 1.29 is 5.11 Å². The van der Waals surface area contributed by atoms with E-state index in [1.807, 2.05) is 6.07 Å². The number of nitrogens with zero attached hydrogens (tertiary/aromatic N) is 1. The molecule has 1 aromatic carbocycles. The van der Waals surface area contributed by atoms with Crippen molar-refractivity contribution in [3.05, 3.63) is 29.8 Å². The van der Waals surface area contributed by atoms with Crippen LogP contribution in [-0.4, -0.2) is 24.1 Å². The molecule has 2 rings (SSSR count). The Hall–Kier alpha value is -1.35. The third-order valence-corrected chi connectivity index (χ3v) is 2.33. The zero-order chi connectivity index (χ0) is 9.80. The predicted octanol–water partition coefficient (Wildman–Crippen LogP) is 1.44. The summed E-state index contributed by atoms with van der Waals surface area (Å²) in [7, 11) is 0. The summed E-state index contributed by atoms with van der Waals surface area (Å²) in [5.74, 6) is 0.984. The first kappa shape index (κ1) is 9.21. The summed E-state index contributed by atoms with van der Waals surface area (Å²) in [5, 5.41) is 11.9. The number of fused-ring (bicyclic) bond motifs is 1. The highest BCUT2D eigenvalue weighted by atomic mass is 16.3. The molecular weight excluding hydrogens is 176 g/mol. The monoisotopic (exact) mass is 190 g/mol. The van der Waals surface area contributed by atoms with Gasteiger partial charge in [0.05, 0.1) is 13.2 Å². The van der Waals surface area contributed by atoms with Gasteiger partial charge in [-0.05, 0) is 18.1 Å². The van der Waals surface area contributed by atoms with E-state index in [4.69, 9.17) is 5.11 Å². The van der Waals surface area contributed by atoms with Gasteiger partial charge in [-0.2, -0.15) is 0 Å². The topological polar surface area (TPSA) is 44.6 Å². The molecule has 0 aromatic heterocycles. The summed E-state index contributed by atoms with van der Waals surface area (Å²) in [6.45, 7) is 0.608. The molecular formula is C11H14N2O. The molecule has 2 N–H and O–H groups in total. The first-order chi connectivity index (χ1) is 6.90. The molecule has 0 atom stereocenters. The molecule has 0 unspecified atom stereocenters. The van der Waals surface area contributed by atoms with Crippen molar-refractivity contribution in [3.8, 4) is 0 Å². The Balaban J connectivity index is 2.13. The van der Waals surface area contributed by atoms with Gasteiger partial charge in [-0.3, -0.25) is 4.99 Å². The van der Waals surface area contributed by atoms with Crippen molar-refractivity contribution in [1.29, 1.82) is 0 Å².